The number of hydrogen-bond donors (Lipinski definition) is 0. The molecule has 0 N–H and O–H groups in total. The Hall–Kier alpha value is -2.81. The molecule has 0 amide bonds. The minimum atomic E-state index is -0.186. The zero-order chi connectivity index (χ0) is 18.3. The first-order valence-corrected chi connectivity index (χ1v) is 8.30. The van der Waals surface area contributed by atoms with Crippen LogP contribution in [0.3, 0.4) is 0 Å². The van der Waals surface area contributed by atoms with E-state index >= 15 is 0 Å². The fourth-order valence-corrected chi connectivity index (χ4v) is 2.83. The first-order chi connectivity index (χ1) is 12.0. The molecule has 1 aromatic rings. The summed E-state index contributed by atoms with van der Waals surface area (Å²) in [7, 11) is 3.60. The van der Waals surface area contributed by atoms with E-state index in [0.29, 0.717) is 0 Å². The van der Waals surface area contributed by atoms with Crippen molar-refractivity contribution in [1.82, 2.24) is 0 Å². The van der Waals surface area contributed by atoms with Crippen molar-refractivity contribution in [3.05, 3.63) is 84.6 Å². The predicted octanol–water partition coefficient (Wildman–Crippen LogP) is 4.74. The van der Waals surface area contributed by atoms with Crippen LogP contribution in [0.5, 0.6) is 0 Å². The van der Waals surface area contributed by atoms with E-state index in [1.165, 1.54) is 5.56 Å². The van der Waals surface area contributed by atoms with Crippen LogP contribution in [0.2, 0.25) is 0 Å². The summed E-state index contributed by atoms with van der Waals surface area (Å²) in [5.41, 5.74) is 4.71. The molecule has 128 valence electrons. The van der Waals surface area contributed by atoms with E-state index in [-0.39, 0.29) is 5.41 Å². The number of allylic oxidation sites excluding steroid dienone is 6. The zero-order valence-electron chi connectivity index (χ0n) is 15.4. The van der Waals surface area contributed by atoms with Crippen molar-refractivity contribution in [1.29, 1.82) is 0 Å². The van der Waals surface area contributed by atoms with Gasteiger partial charge in [-0.25, -0.2) is 0 Å². The van der Waals surface area contributed by atoms with E-state index in [2.05, 4.69) is 65.7 Å². The van der Waals surface area contributed by atoms with Crippen LogP contribution in [0.1, 0.15) is 19.4 Å². The summed E-state index contributed by atoms with van der Waals surface area (Å²) in [6.45, 7) is 8.07. The van der Waals surface area contributed by atoms with E-state index in [4.69, 9.17) is 0 Å². The highest BCUT2D eigenvalue weighted by molar-refractivity contribution is 6.53. The summed E-state index contributed by atoms with van der Waals surface area (Å²) in [5.74, 6) is 0. The Balaban J connectivity index is 2.36. The maximum atomic E-state index is 4.53. The highest BCUT2D eigenvalue weighted by Crippen LogP contribution is 2.26. The summed E-state index contributed by atoms with van der Waals surface area (Å²) in [6, 6.07) is 10.4. The average molecular weight is 331 g/mol. The predicted molar refractivity (Wildman–Crippen MR) is 110 cm³/mol. The van der Waals surface area contributed by atoms with Gasteiger partial charge in [0.2, 0.25) is 0 Å². The lowest BCUT2D eigenvalue weighted by atomic mass is 9.79. The van der Waals surface area contributed by atoms with E-state index in [0.717, 1.165) is 22.7 Å². The topological polar surface area (TPSA) is 37.1 Å². The van der Waals surface area contributed by atoms with E-state index in [9.17, 15) is 0 Å². The molecule has 2 rings (SSSR count). The third-order valence-corrected chi connectivity index (χ3v) is 4.30. The van der Waals surface area contributed by atoms with Crippen molar-refractivity contribution in [2.24, 2.45) is 15.0 Å². The molecule has 0 atom stereocenters. The SMILES string of the molecule is C=C/N=C1/C(/C=C/C(=N\C)C(C)(C)c2ccccc2)=CC=C/C1=N/C. The molecule has 25 heavy (non-hydrogen) atoms. The van der Waals surface area contributed by atoms with Gasteiger partial charge in [-0.2, -0.15) is 0 Å². The van der Waals surface area contributed by atoms with Gasteiger partial charge in [0, 0.05) is 37.0 Å². The van der Waals surface area contributed by atoms with Crippen molar-refractivity contribution >= 4 is 17.1 Å². The van der Waals surface area contributed by atoms with Gasteiger partial charge in [-0.1, -0.05) is 69.0 Å². The average Bonchev–Trinajstić information content (AvgIpc) is 2.64. The molecule has 0 aliphatic heterocycles. The summed E-state index contributed by atoms with van der Waals surface area (Å²) in [6.07, 6.45) is 11.6. The van der Waals surface area contributed by atoms with Crippen LogP contribution in [0.15, 0.2) is 94.0 Å². The fourth-order valence-electron chi connectivity index (χ4n) is 2.83. The maximum Gasteiger partial charge on any atom is 0.0953 e. The Bertz CT molecular complexity index is 801. The molecule has 0 radical (unpaired) electrons. The van der Waals surface area contributed by atoms with Crippen LogP contribution in [0.4, 0.5) is 0 Å². The van der Waals surface area contributed by atoms with Crippen molar-refractivity contribution in [2.75, 3.05) is 14.1 Å². The molecule has 0 heterocycles. The third-order valence-electron chi connectivity index (χ3n) is 4.30. The first kappa shape index (κ1) is 18.5. The van der Waals surface area contributed by atoms with Crippen LogP contribution in [0, 0.1) is 0 Å². The van der Waals surface area contributed by atoms with Gasteiger partial charge in [0.25, 0.3) is 0 Å². The normalized spacial score (nSPS) is 18.9. The Morgan fingerprint density at radius 1 is 1.12 bits per heavy atom. The minimum Gasteiger partial charge on any atom is -0.292 e. The number of nitrogens with zero attached hydrogens (tertiary/aromatic N) is 3. The van der Waals surface area contributed by atoms with Gasteiger partial charge in [0.1, 0.15) is 0 Å². The van der Waals surface area contributed by atoms with Gasteiger partial charge in [0.15, 0.2) is 0 Å². The summed E-state index contributed by atoms with van der Waals surface area (Å²) in [5, 5.41) is 0. The smallest absolute Gasteiger partial charge is 0.0953 e. The first-order valence-electron chi connectivity index (χ1n) is 8.30. The van der Waals surface area contributed by atoms with Crippen LogP contribution >= 0.6 is 0 Å². The third kappa shape index (κ3) is 4.18. The van der Waals surface area contributed by atoms with Gasteiger partial charge in [-0.15, -0.1) is 0 Å². The Morgan fingerprint density at radius 2 is 1.84 bits per heavy atom. The maximum absolute atomic E-state index is 4.53. The Morgan fingerprint density at radius 3 is 2.44 bits per heavy atom. The summed E-state index contributed by atoms with van der Waals surface area (Å²) >= 11 is 0. The monoisotopic (exact) mass is 331 g/mol. The molecule has 3 heteroatoms. The molecule has 0 aromatic heterocycles. The standard InChI is InChI=1S/C22H25N3/c1-6-25-21-17(11-10-14-19(21)23-4)15-16-20(24-5)22(2,3)18-12-8-7-9-13-18/h6-16H,1H2,2-5H3/b16-15+,23-19-,24-20+,25-21-. The molecule has 0 unspecified atom stereocenters. The lowest BCUT2D eigenvalue weighted by Gasteiger charge is -2.25. The van der Waals surface area contributed by atoms with Gasteiger partial charge < -0.3 is 0 Å². The van der Waals surface area contributed by atoms with Crippen molar-refractivity contribution < 1.29 is 0 Å². The summed E-state index contributed by atoms with van der Waals surface area (Å²) < 4.78 is 0. The van der Waals surface area contributed by atoms with Crippen LogP contribution in [-0.4, -0.2) is 31.2 Å². The van der Waals surface area contributed by atoms with Gasteiger partial charge >= 0.3 is 0 Å². The molecular weight excluding hydrogens is 306 g/mol. The highest BCUT2D eigenvalue weighted by Gasteiger charge is 2.25. The van der Waals surface area contributed by atoms with Gasteiger partial charge in [-0.3, -0.25) is 15.0 Å². The number of hydrogen-bond acceptors (Lipinski definition) is 3. The number of benzene rings is 1. The molecular formula is C22H25N3. The van der Waals surface area contributed by atoms with E-state index in [1.807, 2.05) is 37.4 Å². The van der Waals surface area contributed by atoms with Crippen molar-refractivity contribution in [3.8, 4) is 0 Å². The van der Waals surface area contributed by atoms with Gasteiger partial charge in [-0.05, 0) is 17.7 Å². The molecule has 0 fully saturated rings. The second-order valence-electron chi connectivity index (χ2n) is 6.18. The van der Waals surface area contributed by atoms with Crippen LogP contribution in [-0.2, 0) is 5.41 Å². The molecule has 1 aliphatic rings. The minimum absolute atomic E-state index is 0.186. The number of aliphatic imine (C=N–C) groups is 3. The highest BCUT2D eigenvalue weighted by atomic mass is 14.8. The van der Waals surface area contributed by atoms with Crippen LogP contribution < -0.4 is 0 Å². The molecule has 0 saturated carbocycles. The van der Waals surface area contributed by atoms with Crippen molar-refractivity contribution in [3.63, 3.8) is 0 Å². The second-order valence-corrected chi connectivity index (χ2v) is 6.18. The Labute approximate surface area is 150 Å². The van der Waals surface area contributed by atoms with Gasteiger partial charge in [0.05, 0.1) is 11.4 Å². The molecule has 1 aliphatic carbocycles. The molecule has 3 nitrogen and oxygen atoms in total. The van der Waals surface area contributed by atoms with Crippen LogP contribution in [0.25, 0.3) is 0 Å². The second kappa shape index (κ2) is 8.34. The quantitative estimate of drug-likeness (QED) is 0.552. The molecule has 0 spiro atoms. The van der Waals surface area contributed by atoms with E-state index < -0.39 is 0 Å². The van der Waals surface area contributed by atoms with E-state index in [1.54, 1.807) is 13.2 Å². The molecule has 0 bridgehead atoms. The lowest BCUT2D eigenvalue weighted by Crippen LogP contribution is -2.27. The largest absolute Gasteiger partial charge is 0.292 e. The summed E-state index contributed by atoms with van der Waals surface area (Å²) in [4.78, 5) is 13.2. The molecule has 0 saturated heterocycles. The molecule has 1 aromatic carbocycles. The zero-order valence-corrected chi connectivity index (χ0v) is 15.4. The Kier molecular flexibility index (Phi) is 6.18. The fraction of sp³-hybridized carbons (Fsp3) is 0.227. The van der Waals surface area contributed by atoms with Crippen molar-refractivity contribution in [2.45, 2.75) is 19.3 Å². The number of rotatable bonds is 5. The lowest BCUT2D eigenvalue weighted by molar-refractivity contribution is 0.719.